The predicted molar refractivity (Wildman–Crippen MR) is 133 cm³/mol. The Morgan fingerprint density at radius 3 is 2.36 bits per heavy atom. The molecular weight excluding hydrogens is 487 g/mol. The second-order valence-electron chi connectivity index (χ2n) is 8.94. The molecule has 1 aliphatic heterocycles. The van der Waals surface area contributed by atoms with E-state index in [1.165, 1.54) is 23.3 Å². The lowest BCUT2D eigenvalue weighted by Crippen LogP contribution is -2.28. The number of aryl methyl sites for hydroxylation is 1. The Bertz CT molecular complexity index is 1350. The van der Waals surface area contributed by atoms with E-state index in [1.807, 2.05) is 24.6 Å². The first kappa shape index (κ1) is 24.6. The zero-order valence-corrected chi connectivity index (χ0v) is 20.9. The number of thioether (sulfide) groups is 1. The molecule has 0 saturated heterocycles. The predicted octanol–water partition coefficient (Wildman–Crippen LogP) is 5.66. The van der Waals surface area contributed by atoms with E-state index in [0.29, 0.717) is 11.4 Å². The molecular formula is C26H26F3N5OS. The number of alkyl halides is 3. The van der Waals surface area contributed by atoms with Crippen LogP contribution in [0.15, 0.2) is 58.2 Å². The standard InChI is InChI=1S/C26H26F3N5OS/c1-17-15-23(32-35-17)21-4-3-18-9-11-34(12-10-20(18)16-21)13-14-36-25-31-30-24(33(25)2)19-5-7-22(8-6-19)26(27,28)29/h3-8,15-16H,9-14H2,1-2H3. The molecule has 0 bridgehead atoms. The van der Waals surface area contributed by atoms with Gasteiger partial charge in [-0.2, -0.15) is 13.2 Å². The minimum Gasteiger partial charge on any atom is -0.361 e. The number of fused-ring (bicyclic) bond motifs is 1. The van der Waals surface area contributed by atoms with Crippen LogP contribution in [0.3, 0.4) is 0 Å². The van der Waals surface area contributed by atoms with Gasteiger partial charge >= 0.3 is 6.18 Å². The Morgan fingerprint density at radius 1 is 0.944 bits per heavy atom. The second-order valence-corrected chi connectivity index (χ2v) is 10.00. The van der Waals surface area contributed by atoms with Crippen LogP contribution in [0.2, 0.25) is 0 Å². The quantitative estimate of drug-likeness (QED) is 0.310. The summed E-state index contributed by atoms with van der Waals surface area (Å²) in [7, 11) is 1.84. The molecule has 10 heteroatoms. The van der Waals surface area contributed by atoms with Gasteiger partial charge in [0, 0.05) is 49.6 Å². The third kappa shape index (κ3) is 5.34. The largest absolute Gasteiger partial charge is 0.416 e. The first-order chi connectivity index (χ1) is 17.3. The molecule has 188 valence electrons. The van der Waals surface area contributed by atoms with Crippen molar-refractivity contribution in [3.63, 3.8) is 0 Å². The molecule has 0 radical (unpaired) electrons. The summed E-state index contributed by atoms with van der Waals surface area (Å²) in [4.78, 5) is 2.46. The van der Waals surface area contributed by atoms with Gasteiger partial charge in [-0.3, -0.25) is 0 Å². The summed E-state index contributed by atoms with van der Waals surface area (Å²) in [6, 6.07) is 13.5. The van der Waals surface area contributed by atoms with E-state index in [2.05, 4.69) is 38.5 Å². The Morgan fingerprint density at radius 2 is 1.67 bits per heavy atom. The molecule has 2 aromatic carbocycles. The zero-order valence-electron chi connectivity index (χ0n) is 20.0. The van der Waals surface area contributed by atoms with Gasteiger partial charge in [0.05, 0.1) is 5.56 Å². The second kappa shape index (κ2) is 10.1. The normalized spacial score (nSPS) is 14.6. The summed E-state index contributed by atoms with van der Waals surface area (Å²) < 4.78 is 45.6. The average Bonchev–Trinajstić information content (AvgIpc) is 3.39. The van der Waals surface area contributed by atoms with E-state index in [0.717, 1.165) is 72.5 Å². The van der Waals surface area contributed by atoms with Crippen molar-refractivity contribution in [1.82, 2.24) is 24.8 Å². The molecule has 3 heterocycles. The van der Waals surface area contributed by atoms with Crippen molar-refractivity contribution in [1.29, 1.82) is 0 Å². The van der Waals surface area contributed by atoms with Crippen LogP contribution >= 0.6 is 11.8 Å². The number of halogens is 3. The van der Waals surface area contributed by atoms with Gasteiger partial charge in [-0.1, -0.05) is 41.2 Å². The van der Waals surface area contributed by atoms with E-state index in [4.69, 9.17) is 4.52 Å². The third-order valence-corrected chi connectivity index (χ3v) is 7.47. The Balaban J connectivity index is 1.17. The summed E-state index contributed by atoms with van der Waals surface area (Å²) in [5, 5.41) is 13.3. The highest BCUT2D eigenvalue weighted by Crippen LogP contribution is 2.31. The average molecular weight is 514 g/mol. The minimum atomic E-state index is -4.35. The summed E-state index contributed by atoms with van der Waals surface area (Å²) in [6.07, 6.45) is -2.38. The first-order valence-electron chi connectivity index (χ1n) is 11.8. The highest BCUT2D eigenvalue weighted by Gasteiger charge is 2.30. The van der Waals surface area contributed by atoms with Crippen molar-refractivity contribution in [3.05, 3.63) is 71.0 Å². The van der Waals surface area contributed by atoms with Crippen molar-refractivity contribution in [3.8, 4) is 22.6 Å². The molecule has 0 unspecified atom stereocenters. The molecule has 2 aromatic heterocycles. The van der Waals surface area contributed by atoms with Gasteiger partial charge in [-0.05, 0) is 49.1 Å². The summed E-state index contributed by atoms with van der Waals surface area (Å²) >= 11 is 1.61. The summed E-state index contributed by atoms with van der Waals surface area (Å²) in [5.41, 5.74) is 4.62. The highest BCUT2D eigenvalue weighted by molar-refractivity contribution is 7.99. The fourth-order valence-corrected chi connectivity index (χ4v) is 5.33. The van der Waals surface area contributed by atoms with Crippen LogP contribution in [0, 0.1) is 6.92 Å². The van der Waals surface area contributed by atoms with Gasteiger partial charge in [0.15, 0.2) is 11.0 Å². The Hall–Kier alpha value is -3.11. The molecule has 4 aromatic rings. The van der Waals surface area contributed by atoms with E-state index >= 15 is 0 Å². The number of benzene rings is 2. The number of aromatic nitrogens is 4. The first-order valence-corrected chi connectivity index (χ1v) is 12.7. The highest BCUT2D eigenvalue weighted by atomic mass is 32.2. The maximum Gasteiger partial charge on any atom is 0.416 e. The molecule has 0 fully saturated rings. The molecule has 6 nitrogen and oxygen atoms in total. The van der Waals surface area contributed by atoms with Crippen LogP contribution in [0.1, 0.15) is 22.5 Å². The van der Waals surface area contributed by atoms with E-state index in [1.54, 1.807) is 11.8 Å². The monoisotopic (exact) mass is 513 g/mol. The van der Waals surface area contributed by atoms with Crippen LogP contribution in [0.4, 0.5) is 13.2 Å². The third-order valence-electron chi connectivity index (χ3n) is 6.47. The molecule has 0 spiro atoms. The van der Waals surface area contributed by atoms with Crippen molar-refractivity contribution in [2.45, 2.75) is 31.1 Å². The number of hydrogen-bond acceptors (Lipinski definition) is 6. The summed E-state index contributed by atoms with van der Waals surface area (Å²) in [5.74, 6) is 2.20. The van der Waals surface area contributed by atoms with Gasteiger partial charge in [0.25, 0.3) is 0 Å². The molecule has 0 atom stereocenters. The molecule has 0 aliphatic carbocycles. The van der Waals surface area contributed by atoms with Crippen molar-refractivity contribution < 1.29 is 17.7 Å². The maximum absolute atomic E-state index is 12.8. The fourth-order valence-electron chi connectivity index (χ4n) is 4.42. The smallest absolute Gasteiger partial charge is 0.361 e. The van der Waals surface area contributed by atoms with Crippen molar-refractivity contribution in [2.24, 2.45) is 7.05 Å². The van der Waals surface area contributed by atoms with Crippen molar-refractivity contribution in [2.75, 3.05) is 25.4 Å². The maximum atomic E-state index is 12.8. The van der Waals surface area contributed by atoms with Crippen molar-refractivity contribution >= 4 is 11.8 Å². The van der Waals surface area contributed by atoms with Crippen LogP contribution in [-0.4, -0.2) is 50.2 Å². The van der Waals surface area contributed by atoms with E-state index in [9.17, 15) is 13.2 Å². The molecule has 5 rings (SSSR count). The molecule has 36 heavy (non-hydrogen) atoms. The van der Waals surface area contributed by atoms with Gasteiger partial charge in [-0.25, -0.2) is 0 Å². The molecule has 0 saturated carbocycles. The lowest BCUT2D eigenvalue weighted by Gasteiger charge is -2.19. The number of rotatable bonds is 6. The lowest BCUT2D eigenvalue weighted by atomic mass is 9.99. The molecule has 0 amide bonds. The molecule has 0 N–H and O–H groups in total. The zero-order chi connectivity index (χ0) is 25.3. The van der Waals surface area contributed by atoms with Gasteiger partial charge in [0.2, 0.25) is 0 Å². The van der Waals surface area contributed by atoms with Gasteiger partial charge in [0.1, 0.15) is 11.5 Å². The van der Waals surface area contributed by atoms with E-state index in [-0.39, 0.29) is 0 Å². The number of hydrogen-bond donors (Lipinski definition) is 0. The molecule has 1 aliphatic rings. The summed E-state index contributed by atoms with van der Waals surface area (Å²) in [6.45, 7) is 4.78. The Kier molecular flexibility index (Phi) is 6.90. The van der Waals surface area contributed by atoms with Crippen LogP contribution in [0.25, 0.3) is 22.6 Å². The Labute approximate surface area is 211 Å². The van der Waals surface area contributed by atoms with E-state index < -0.39 is 11.7 Å². The fraction of sp³-hybridized carbons (Fsp3) is 0.346. The topological polar surface area (TPSA) is 60.0 Å². The van der Waals surface area contributed by atoms with Gasteiger partial charge < -0.3 is 14.0 Å². The number of nitrogens with zero attached hydrogens (tertiary/aromatic N) is 5. The van der Waals surface area contributed by atoms with Crippen LogP contribution < -0.4 is 0 Å². The lowest BCUT2D eigenvalue weighted by molar-refractivity contribution is -0.137. The minimum absolute atomic E-state index is 0.551. The van der Waals surface area contributed by atoms with Gasteiger partial charge in [-0.15, -0.1) is 10.2 Å². The van der Waals surface area contributed by atoms with Crippen LogP contribution in [-0.2, 0) is 26.1 Å². The van der Waals surface area contributed by atoms with Crippen LogP contribution in [0.5, 0.6) is 0 Å². The SMILES string of the molecule is Cc1cc(-c2ccc3c(c2)CCN(CCSc2nnc(-c4ccc(C(F)(F)F)cc4)n2C)CC3)no1.